The number of hydrogen-bond acceptors (Lipinski definition) is 3. The minimum absolute atomic E-state index is 0. The molecule has 3 radical (unpaired) electrons. The Balaban J connectivity index is 0.000000331. The van der Waals surface area contributed by atoms with Gasteiger partial charge in [-0.15, -0.1) is 0 Å². The third kappa shape index (κ3) is 6.35. The van der Waals surface area contributed by atoms with Gasteiger partial charge in [-0.3, -0.25) is 15.5 Å². The second-order valence-electron chi connectivity index (χ2n) is 3.69. The molecular weight excluding hydrogens is 240 g/mol. The second-order valence-corrected chi connectivity index (χ2v) is 3.69. The number of rotatable bonds is 3. The minimum Gasteiger partial charge on any atom is -0.298 e. The van der Waals surface area contributed by atoms with E-state index in [0.29, 0.717) is 5.69 Å². The first-order valence-corrected chi connectivity index (χ1v) is 5.79. The number of aldehydes is 1. The molecule has 99 valence electrons. The molecule has 0 aliphatic carbocycles. The molecule has 0 saturated heterocycles. The largest absolute Gasteiger partial charge is 0.298 e. The Kier molecular flexibility index (Phi) is 8.70. The molecular formula is C15H17N2O2. The average Bonchev–Trinajstić information content (AvgIpc) is 2.49. The zero-order chi connectivity index (χ0) is 13.2. The quantitative estimate of drug-likeness (QED) is 0.655. The molecule has 4 heteroatoms. The highest BCUT2D eigenvalue weighted by Crippen LogP contribution is 2.02. The van der Waals surface area contributed by atoms with Crippen molar-refractivity contribution in [2.75, 3.05) is 5.48 Å². The van der Waals surface area contributed by atoms with Crippen LogP contribution in [0.3, 0.4) is 0 Å². The summed E-state index contributed by atoms with van der Waals surface area (Å²) >= 11 is 0. The van der Waals surface area contributed by atoms with Gasteiger partial charge < -0.3 is 0 Å². The lowest BCUT2D eigenvalue weighted by Crippen LogP contribution is -1.85. The van der Waals surface area contributed by atoms with Crippen LogP contribution < -0.4 is 11.6 Å². The van der Waals surface area contributed by atoms with E-state index < -0.39 is 0 Å². The highest BCUT2D eigenvalue weighted by atomic mass is 16.5. The Morgan fingerprint density at radius 3 is 2.00 bits per heavy atom. The number of aryl methyl sites for hydroxylation is 1. The number of nitrogens with one attached hydrogen (secondary N) is 1. The van der Waals surface area contributed by atoms with E-state index in [1.54, 1.807) is 12.1 Å². The number of carbonyl (C=O) groups is 1. The van der Waals surface area contributed by atoms with Crippen molar-refractivity contribution in [1.29, 1.82) is 0 Å². The molecule has 0 aliphatic rings. The standard InChI is InChI=1S/C9H10O.C6H7NO.N/c1-2-8-3-5-9(7-10)6-4-8;8-7-6-4-2-1-3-5-6;/h3-7H,2H2,1H3;1-5,7-8H;. The van der Waals surface area contributed by atoms with Crippen molar-refractivity contribution in [3.63, 3.8) is 0 Å². The average molecular weight is 257 g/mol. The molecule has 0 heterocycles. The Morgan fingerprint density at radius 1 is 1.05 bits per heavy atom. The van der Waals surface area contributed by atoms with Crippen LogP contribution in [0, 0.1) is 0 Å². The molecule has 0 spiro atoms. The molecule has 0 fully saturated rings. The third-order valence-electron chi connectivity index (χ3n) is 2.43. The fourth-order valence-corrected chi connectivity index (χ4v) is 1.34. The van der Waals surface area contributed by atoms with Crippen molar-refractivity contribution in [2.45, 2.75) is 13.3 Å². The van der Waals surface area contributed by atoms with Crippen LogP contribution in [0.1, 0.15) is 22.8 Å². The lowest BCUT2D eigenvalue weighted by atomic mass is 10.1. The van der Waals surface area contributed by atoms with Gasteiger partial charge in [-0.05, 0) is 24.1 Å². The molecule has 0 amide bonds. The van der Waals surface area contributed by atoms with Crippen LogP contribution in [0.25, 0.3) is 0 Å². The molecule has 0 aliphatic heterocycles. The van der Waals surface area contributed by atoms with Crippen molar-refractivity contribution in [3.8, 4) is 0 Å². The van der Waals surface area contributed by atoms with E-state index in [4.69, 9.17) is 5.21 Å². The predicted molar refractivity (Wildman–Crippen MR) is 75.2 cm³/mol. The van der Waals surface area contributed by atoms with Gasteiger partial charge in [0.1, 0.15) is 6.29 Å². The van der Waals surface area contributed by atoms with Crippen molar-refractivity contribution in [2.24, 2.45) is 0 Å². The monoisotopic (exact) mass is 257 g/mol. The number of nitrogens with zero attached hydrogens (tertiary/aromatic N) is 1. The van der Waals surface area contributed by atoms with Gasteiger partial charge in [0.25, 0.3) is 0 Å². The summed E-state index contributed by atoms with van der Waals surface area (Å²) in [7, 11) is 0. The van der Waals surface area contributed by atoms with E-state index in [2.05, 4.69) is 6.92 Å². The first-order valence-electron chi connectivity index (χ1n) is 5.79. The molecule has 0 atom stereocenters. The van der Waals surface area contributed by atoms with Gasteiger partial charge >= 0.3 is 0 Å². The summed E-state index contributed by atoms with van der Waals surface area (Å²) in [6, 6.07) is 16.8. The summed E-state index contributed by atoms with van der Waals surface area (Å²) in [4.78, 5) is 10.2. The molecule has 2 aromatic rings. The maximum atomic E-state index is 10.2. The summed E-state index contributed by atoms with van der Waals surface area (Å²) in [5, 5.41) is 8.29. The summed E-state index contributed by atoms with van der Waals surface area (Å²) in [5.74, 6) is 0. The lowest BCUT2D eigenvalue weighted by molar-refractivity contribution is 0.112. The molecule has 2 rings (SSSR count). The molecule has 0 unspecified atom stereocenters. The summed E-state index contributed by atoms with van der Waals surface area (Å²) in [5.41, 5.74) is 4.76. The Morgan fingerprint density at radius 2 is 1.63 bits per heavy atom. The smallest absolute Gasteiger partial charge is 0.150 e. The van der Waals surface area contributed by atoms with Crippen LogP contribution >= 0.6 is 0 Å². The van der Waals surface area contributed by atoms with Crippen LogP contribution in [0.15, 0.2) is 54.6 Å². The van der Waals surface area contributed by atoms with Gasteiger partial charge in [-0.2, -0.15) is 0 Å². The van der Waals surface area contributed by atoms with Gasteiger partial charge in [-0.25, -0.2) is 0 Å². The van der Waals surface area contributed by atoms with Crippen LogP contribution in [0.5, 0.6) is 0 Å². The lowest BCUT2D eigenvalue weighted by Gasteiger charge is -1.93. The van der Waals surface area contributed by atoms with E-state index in [-0.39, 0.29) is 6.15 Å². The molecule has 4 nitrogen and oxygen atoms in total. The zero-order valence-electron chi connectivity index (χ0n) is 10.8. The van der Waals surface area contributed by atoms with E-state index in [0.717, 1.165) is 18.3 Å². The van der Waals surface area contributed by atoms with E-state index in [1.807, 2.05) is 47.9 Å². The fraction of sp³-hybridized carbons (Fsp3) is 0.133. The van der Waals surface area contributed by atoms with Crippen LogP contribution in [-0.2, 0) is 6.42 Å². The summed E-state index contributed by atoms with van der Waals surface area (Å²) in [6.45, 7) is 2.09. The fourth-order valence-electron chi connectivity index (χ4n) is 1.34. The number of para-hydroxylation sites is 1. The molecule has 0 aromatic heterocycles. The number of benzene rings is 2. The van der Waals surface area contributed by atoms with Gasteiger partial charge in [0, 0.05) is 11.7 Å². The zero-order valence-corrected chi connectivity index (χ0v) is 10.8. The summed E-state index contributed by atoms with van der Waals surface area (Å²) < 4.78 is 0. The number of hydrogen-bond donors (Lipinski definition) is 2. The molecule has 2 aromatic carbocycles. The van der Waals surface area contributed by atoms with Crippen molar-refractivity contribution in [3.05, 3.63) is 65.7 Å². The molecule has 0 saturated carbocycles. The first kappa shape index (κ1) is 16.8. The van der Waals surface area contributed by atoms with Gasteiger partial charge in [0.2, 0.25) is 0 Å². The molecule has 0 bridgehead atoms. The SMILES string of the molecule is CCc1ccc(C=O)cc1.ONc1ccccc1.[N]. The number of carbonyl (C=O) groups excluding carboxylic acids is 1. The van der Waals surface area contributed by atoms with E-state index in [9.17, 15) is 4.79 Å². The van der Waals surface area contributed by atoms with Crippen LogP contribution in [-0.4, -0.2) is 11.5 Å². The summed E-state index contributed by atoms with van der Waals surface area (Å²) in [6.07, 6.45) is 1.89. The molecule has 2 N–H and O–H groups in total. The van der Waals surface area contributed by atoms with E-state index >= 15 is 0 Å². The third-order valence-corrected chi connectivity index (χ3v) is 2.43. The second kappa shape index (κ2) is 9.82. The molecule has 19 heavy (non-hydrogen) atoms. The normalized spacial score (nSPS) is 8.53. The Labute approximate surface area is 113 Å². The Bertz CT molecular complexity index is 455. The van der Waals surface area contributed by atoms with Crippen molar-refractivity contribution in [1.82, 2.24) is 6.15 Å². The van der Waals surface area contributed by atoms with Crippen LogP contribution in [0.2, 0.25) is 0 Å². The highest BCUT2D eigenvalue weighted by Gasteiger charge is 1.88. The number of anilines is 1. The predicted octanol–water partition coefficient (Wildman–Crippen LogP) is 3.07. The van der Waals surface area contributed by atoms with Gasteiger partial charge in [-0.1, -0.05) is 49.4 Å². The maximum absolute atomic E-state index is 10.2. The van der Waals surface area contributed by atoms with Crippen molar-refractivity contribution >= 4 is 12.0 Å². The maximum Gasteiger partial charge on any atom is 0.150 e. The van der Waals surface area contributed by atoms with Gasteiger partial charge in [0.15, 0.2) is 0 Å². The Hall–Kier alpha value is -2.17. The minimum atomic E-state index is 0. The first-order chi connectivity index (χ1) is 8.80. The van der Waals surface area contributed by atoms with Crippen molar-refractivity contribution < 1.29 is 10.0 Å². The van der Waals surface area contributed by atoms with Gasteiger partial charge in [0.05, 0.1) is 5.69 Å². The highest BCUT2D eigenvalue weighted by molar-refractivity contribution is 5.74. The van der Waals surface area contributed by atoms with E-state index in [1.165, 1.54) is 5.56 Å². The topological polar surface area (TPSA) is 79.8 Å². The van der Waals surface area contributed by atoms with Crippen LogP contribution in [0.4, 0.5) is 5.69 Å².